The van der Waals surface area contributed by atoms with Crippen LogP contribution in [0.4, 0.5) is 15.9 Å². The first kappa shape index (κ1) is 19.3. The number of carbonyl (C=O) groups is 1. The summed E-state index contributed by atoms with van der Waals surface area (Å²) in [5, 5.41) is 0.941. The zero-order valence-corrected chi connectivity index (χ0v) is 16.9. The summed E-state index contributed by atoms with van der Waals surface area (Å²) >= 11 is 0. The number of hydrogen-bond donors (Lipinski definition) is 0. The van der Waals surface area contributed by atoms with Crippen molar-refractivity contribution in [3.05, 3.63) is 84.4 Å². The van der Waals surface area contributed by atoms with E-state index in [1.807, 2.05) is 34.9 Å². The second-order valence-corrected chi connectivity index (χ2v) is 7.82. The number of anilines is 2. The zero-order valence-electron chi connectivity index (χ0n) is 16.9. The van der Waals surface area contributed by atoms with Crippen LogP contribution in [0.3, 0.4) is 0 Å². The Labute approximate surface area is 179 Å². The highest BCUT2D eigenvalue weighted by Gasteiger charge is 2.28. The van der Waals surface area contributed by atoms with Crippen LogP contribution in [0.15, 0.2) is 73.1 Å². The molecule has 0 atom stereocenters. The molecular formula is C25H22FN3O2. The second-order valence-electron chi connectivity index (χ2n) is 7.82. The monoisotopic (exact) mass is 415 g/mol. The number of ether oxygens (including phenoxy) is 1. The van der Waals surface area contributed by atoms with Crippen molar-refractivity contribution in [2.75, 3.05) is 11.5 Å². The Morgan fingerprint density at radius 2 is 1.90 bits per heavy atom. The summed E-state index contributed by atoms with van der Waals surface area (Å²) in [7, 11) is 0. The smallest absolute Gasteiger partial charge is 0.220 e. The number of nitrogens with zero attached hydrogens (tertiary/aromatic N) is 3. The van der Waals surface area contributed by atoms with Crippen LogP contribution in [0.2, 0.25) is 0 Å². The lowest BCUT2D eigenvalue weighted by molar-refractivity contribution is -0.106. The number of fused-ring (bicyclic) bond motifs is 1. The predicted molar refractivity (Wildman–Crippen MR) is 118 cm³/mol. The van der Waals surface area contributed by atoms with E-state index in [1.54, 1.807) is 35.5 Å². The standard InChI is InChI=1S/C25H22FN3O2/c26-20-11-9-18(10-12-20)15-28-23-6-2-1-5-22(23)24(31-16-19-7-8-19)25(28)29(17-30)21-4-3-13-27-14-21/h1-6,9-14,17,19H,7-8,15-16H2. The summed E-state index contributed by atoms with van der Waals surface area (Å²) in [6, 6.07) is 18.0. The molecule has 0 radical (unpaired) electrons. The van der Waals surface area contributed by atoms with E-state index in [0.717, 1.165) is 22.9 Å². The molecule has 0 spiro atoms. The number of rotatable bonds is 8. The molecule has 156 valence electrons. The van der Waals surface area contributed by atoms with Crippen LogP contribution < -0.4 is 9.64 Å². The van der Waals surface area contributed by atoms with E-state index in [-0.39, 0.29) is 5.82 Å². The van der Waals surface area contributed by atoms with Crippen molar-refractivity contribution >= 4 is 28.8 Å². The molecule has 5 rings (SSSR count). The van der Waals surface area contributed by atoms with Gasteiger partial charge in [-0.2, -0.15) is 0 Å². The number of carbonyl (C=O) groups excluding carboxylic acids is 1. The number of para-hydroxylation sites is 1. The lowest BCUT2D eigenvalue weighted by Crippen LogP contribution is -2.20. The van der Waals surface area contributed by atoms with Crippen LogP contribution in [0, 0.1) is 11.7 Å². The number of hydrogen-bond acceptors (Lipinski definition) is 3. The summed E-state index contributed by atoms with van der Waals surface area (Å²) in [5.74, 6) is 1.62. The fraction of sp³-hybridized carbons (Fsp3) is 0.200. The molecule has 0 aliphatic heterocycles. The summed E-state index contributed by atoms with van der Waals surface area (Å²) in [4.78, 5) is 18.1. The van der Waals surface area contributed by atoms with Crippen LogP contribution in [0.25, 0.3) is 10.9 Å². The minimum absolute atomic E-state index is 0.278. The van der Waals surface area contributed by atoms with Crippen molar-refractivity contribution in [1.82, 2.24) is 9.55 Å². The number of halogens is 1. The molecule has 2 aromatic carbocycles. The van der Waals surface area contributed by atoms with E-state index in [4.69, 9.17) is 4.74 Å². The molecule has 6 heteroatoms. The molecule has 31 heavy (non-hydrogen) atoms. The maximum Gasteiger partial charge on any atom is 0.220 e. The van der Waals surface area contributed by atoms with Gasteiger partial charge in [-0.1, -0.05) is 24.3 Å². The third-order valence-corrected chi connectivity index (χ3v) is 5.57. The van der Waals surface area contributed by atoms with Crippen molar-refractivity contribution in [2.24, 2.45) is 5.92 Å². The zero-order chi connectivity index (χ0) is 21.2. The van der Waals surface area contributed by atoms with Gasteiger partial charge in [0, 0.05) is 18.1 Å². The van der Waals surface area contributed by atoms with Crippen molar-refractivity contribution in [2.45, 2.75) is 19.4 Å². The molecule has 4 aromatic rings. The lowest BCUT2D eigenvalue weighted by atomic mass is 10.2. The Morgan fingerprint density at radius 3 is 2.61 bits per heavy atom. The van der Waals surface area contributed by atoms with Gasteiger partial charge in [0.1, 0.15) is 5.82 Å². The van der Waals surface area contributed by atoms with Crippen molar-refractivity contribution < 1.29 is 13.9 Å². The fourth-order valence-electron chi connectivity index (χ4n) is 3.79. The van der Waals surface area contributed by atoms with E-state index in [1.165, 1.54) is 25.0 Å². The first-order valence-electron chi connectivity index (χ1n) is 10.4. The van der Waals surface area contributed by atoms with Gasteiger partial charge in [-0.25, -0.2) is 4.39 Å². The summed E-state index contributed by atoms with van der Waals surface area (Å²) in [6.07, 6.45) is 6.45. The Morgan fingerprint density at radius 1 is 1.10 bits per heavy atom. The molecule has 5 nitrogen and oxygen atoms in total. The van der Waals surface area contributed by atoms with Gasteiger partial charge in [0.25, 0.3) is 0 Å². The van der Waals surface area contributed by atoms with E-state index in [0.29, 0.717) is 36.3 Å². The Hall–Kier alpha value is -3.67. The number of pyridine rings is 1. The largest absolute Gasteiger partial charge is 0.489 e. The number of benzene rings is 2. The molecule has 0 saturated heterocycles. The topological polar surface area (TPSA) is 47.4 Å². The average molecular weight is 415 g/mol. The summed E-state index contributed by atoms with van der Waals surface area (Å²) < 4.78 is 21.8. The molecule has 0 bridgehead atoms. The molecule has 2 heterocycles. The third-order valence-electron chi connectivity index (χ3n) is 5.57. The average Bonchev–Trinajstić information content (AvgIpc) is 3.59. The highest BCUT2D eigenvalue weighted by molar-refractivity contribution is 5.99. The van der Waals surface area contributed by atoms with E-state index in [2.05, 4.69) is 4.98 Å². The predicted octanol–water partition coefficient (Wildman–Crippen LogP) is 5.31. The Balaban J connectivity index is 1.69. The lowest BCUT2D eigenvalue weighted by Gasteiger charge is -2.22. The van der Waals surface area contributed by atoms with Gasteiger partial charge in [-0.15, -0.1) is 0 Å². The van der Waals surface area contributed by atoms with Gasteiger partial charge in [-0.05, 0) is 60.7 Å². The van der Waals surface area contributed by atoms with Gasteiger partial charge < -0.3 is 9.30 Å². The molecule has 1 aliphatic carbocycles. The van der Waals surface area contributed by atoms with E-state index in [9.17, 15) is 9.18 Å². The van der Waals surface area contributed by atoms with Crippen LogP contribution in [0.5, 0.6) is 5.75 Å². The third kappa shape index (κ3) is 3.89. The van der Waals surface area contributed by atoms with Crippen LogP contribution >= 0.6 is 0 Å². The minimum atomic E-state index is -0.278. The van der Waals surface area contributed by atoms with Gasteiger partial charge >= 0.3 is 0 Å². The van der Waals surface area contributed by atoms with E-state index < -0.39 is 0 Å². The SMILES string of the molecule is O=CN(c1cccnc1)c1c(OCC2CC2)c2ccccc2n1Cc1ccc(F)cc1. The highest BCUT2D eigenvalue weighted by atomic mass is 19.1. The first-order valence-corrected chi connectivity index (χ1v) is 10.4. The quantitative estimate of drug-likeness (QED) is 0.367. The first-order chi connectivity index (χ1) is 15.2. The Kier molecular flexibility index (Phi) is 5.12. The molecule has 2 aromatic heterocycles. The van der Waals surface area contributed by atoms with Crippen LogP contribution in [-0.2, 0) is 11.3 Å². The molecule has 0 N–H and O–H groups in total. The minimum Gasteiger partial charge on any atom is -0.489 e. The normalized spacial score (nSPS) is 13.3. The molecule has 1 fully saturated rings. The van der Waals surface area contributed by atoms with Gasteiger partial charge in [-0.3, -0.25) is 14.7 Å². The van der Waals surface area contributed by atoms with Crippen LogP contribution in [-0.4, -0.2) is 22.6 Å². The van der Waals surface area contributed by atoms with Crippen molar-refractivity contribution in [3.8, 4) is 5.75 Å². The molecular weight excluding hydrogens is 393 g/mol. The summed E-state index contributed by atoms with van der Waals surface area (Å²) in [6.45, 7) is 1.09. The van der Waals surface area contributed by atoms with Gasteiger partial charge in [0.2, 0.25) is 6.41 Å². The van der Waals surface area contributed by atoms with Crippen molar-refractivity contribution in [3.63, 3.8) is 0 Å². The molecule has 1 aliphatic rings. The molecule has 0 unspecified atom stereocenters. The fourth-order valence-corrected chi connectivity index (χ4v) is 3.79. The second kappa shape index (κ2) is 8.22. The van der Waals surface area contributed by atoms with Gasteiger partial charge in [0.05, 0.1) is 24.0 Å². The van der Waals surface area contributed by atoms with Crippen molar-refractivity contribution in [1.29, 1.82) is 0 Å². The highest BCUT2D eigenvalue weighted by Crippen LogP contribution is 2.43. The maximum atomic E-state index is 13.5. The summed E-state index contributed by atoms with van der Waals surface area (Å²) in [5.41, 5.74) is 2.52. The maximum absolute atomic E-state index is 13.5. The molecule has 1 amide bonds. The number of aromatic nitrogens is 2. The van der Waals surface area contributed by atoms with E-state index >= 15 is 0 Å². The number of amides is 1. The molecule has 1 saturated carbocycles. The van der Waals surface area contributed by atoms with Gasteiger partial charge in [0.15, 0.2) is 11.6 Å². The van der Waals surface area contributed by atoms with Crippen LogP contribution in [0.1, 0.15) is 18.4 Å². The Bertz CT molecular complexity index is 1200.